The summed E-state index contributed by atoms with van der Waals surface area (Å²) in [5.41, 5.74) is -0.485. The van der Waals surface area contributed by atoms with E-state index in [-0.39, 0.29) is 35.5 Å². The maximum atomic E-state index is 14.1. The Kier molecular flexibility index (Phi) is 9.43. The predicted octanol–water partition coefficient (Wildman–Crippen LogP) is 2.69. The van der Waals surface area contributed by atoms with Crippen LogP contribution in [0.5, 0.6) is 0 Å². The van der Waals surface area contributed by atoms with Crippen molar-refractivity contribution in [3.8, 4) is 0 Å². The van der Waals surface area contributed by atoms with Gasteiger partial charge >= 0.3 is 18.0 Å². The van der Waals surface area contributed by atoms with E-state index in [2.05, 4.69) is 24.8 Å². The van der Waals surface area contributed by atoms with Crippen LogP contribution in [0.2, 0.25) is 5.02 Å². The summed E-state index contributed by atoms with van der Waals surface area (Å²) in [4.78, 5) is 58.5. The van der Waals surface area contributed by atoms with Gasteiger partial charge in [-0.1, -0.05) is 18.5 Å². The minimum absolute atomic E-state index is 0.000996. The van der Waals surface area contributed by atoms with Crippen LogP contribution in [0.3, 0.4) is 0 Å². The van der Waals surface area contributed by atoms with Crippen LogP contribution in [0.1, 0.15) is 50.1 Å². The lowest BCUT2D eigenvalue weighted by Gasteiger charge is -2.41. The number of ether oxygens (including phenoxy) is 1. The smallest absolute Gasteiger partial charge is 0.407 e. The Labute approximate surface area is 247 Å². The fraction of sp³-hybridized carbons (Fsp3) is 0.536. The first-order valence-electron chi connectivity index (χ1n) is 13.8. The SMILES string of the molecule is COC(=O)NC1CCC(C)(C(=O)c2nc3cc(Cl)c(N4CCN(CCO)C[C@H]4C)cc3n2/C(=C\C(=O)O)C(=O)O)CC1. The van der Waals surface area contributed by atoms with Gasteiger partial charge in [-0.05, 0) is 44.7 Å². The topological polar surface area (TPSA) is 175 Å². The van der Waals surface area contributed by atoms with Crippen molar-refractivity contribution in [1.29, 1.82) is 0 Å². The molecule has 1 saturated carbocycles. The number of carbonyl (C=O) groups excluding carboxylic acids is 2. The van der Waals surface area contributed by atoms with Gasteiger partial charge in [-0.15, -0.1) is 0 Å². The summed E-state index contributed by atoms with van der Waals surface area (Å²) < 4.78 is 5.77. The van der Waals surface area contributed by atoms with E-state index in [1.807, 2.05) is 6.92 Å². The summed E-state index contributed by atoms with van der Waals surface area (Å²) in [6.45, 7) is 6.29. The van der Waals surface area contributed by atoms with Gasteiger partial charge in [0.25, 0.3) is 0 Å². The Balaban J connectivity index is 1.79. The Bertz CT molecular complexity index is 1410. The van der Waals surface area contributed by atoms with Crippen LogP contribution >= 0.6 is 11.6 Å². The van der Waals surface area contributed by atoms with Crippen molar-refractivity contribution in [1.82, 2.24) is 19.8 Å². The molecule has 1 saturated heterocycles. The number of anilines is 1. The highest BCUT2D eigenvalue weighted by Crippen LogP contribution is 2.41. The van der Waals surface area contributed by atoms with E-state index in [1.54, 1.807) is 19.1 Å². The third-order valence-corrected chi connectivity index (χ3v) is 8.53. The number of hydrogen-bond acceptors (Lipinski definition) is 9. The number of ketones is 1. The number of carboxylic acids is 2. The molecule has 0 unspecified atom stereocenters. The quantitative estimate of drug-likeness (QED) is 0.244. The molecule has 2 aromatic rings. The molecule has 0 spiro atoms. The van der Waals surface area contributed by atoms with Crippen LogP contribution in [0.4, 0.5) is 10.5 Å². The molecule has 1 amide bonds. The first-order valence-corrected chi connectivity index (χ1v) is 14.2. The monoisotopic (exact) mass is 605 g/mol. The van der Waals surface area contributed by atoms with E-state index in [0.717, 1.165) is 4.57 Å². The second-order valence-electron chi connectivity index (χ2n) is 11.1. The van der Waals surface area contributed by atoms with Crippen LogP contribution in [-0.4, -0.2) is 106 Å². The number of amides is 1. The van der Waals surface area contributed by atoms with Gasteiger partial charge < -0.3 is 30.3 Å². The van der Waals surface area contributed by atoms with Crippen LogP contribution in [0, 0.1) is 5.41 Å². The van der Waals surface area contributed by atoms with Gasteiger partial charge in [0.15, 0.2) is 5.82 Å². The van der Waals surface area contributed by atoms with E-state index in [1.165, 1.54) is 7.11 Å². The van der Waals surface area contributed by atoms with E-state index in [4.69, 9.17) is 11.6 Å². The molecule has 1 aromatic heterocycles. The van der Waals surface area contributed by atoms with Crippen molar-refractivity contribution < 1.29 is 39.2 Å². The highest BCUT2D eigenvalue weighted by molar-refractivity contribution is 6.34. The lowest BCUT2D eigenvalue weighted by atomic mass is 9.71. The van der Waals surface area contributed by atoms with Crippen molar-refractivity contribution in [2.75, 3.05) is 44.8 Å². The number of piperazine rings is 1. The van der Waals surface area contributed by atoms with Gasteiger partial charge in [0.2, 0.25) is 5.78 Å². The molecule has 1 aliphatic heterocycles. The maximum Gasteiger partial charge on any atom is 0.407 e. The number of alkyl carbamates (subject to hydrolysis) is 1. The number of fused-ring (bicyclic) bond motifs is 1. The third-order valence-electron chi connectivity index (χ3n) is 8.23. The second-order valence-corrected chi connectivity index (χ2v) is 11.5. The van der Waals surface area contributed by atoms with Crippen molar-refractivity contribution >= 4 is 57.8 Å². The summed E-state index contributed by atoms with van der Waals surface area (Å²) >= 11 is 6.71. The third kappa shape index (κ3) is 6.37. The van der Waals surface area contributed by atoms with Gasteiger partial charge in [-0.25, -0.2) is 19.4 Å². The second kappa shape index (κ2) is 12.7. The number of nitrogens with zero attached hydrogens (tertiary/aromatic N) is 4. The number of β-amino-alcohol motifs (C(OH)–C–C–N with tert-alkyl or cyclic N) is 1. The fourth-order valence-electron chi connectivity index (χ4n) is 5.90. The highest BCUT2D eigenvalue weighted by atomic mass is 35.5. The maximum absolute atomic E-state index is 14.1. The molecule has 2 aliphatic rings. The molecule has 1 aliphatic carbocycles. The number of aliphatic hydroxyl groups is 1. The zero-order chi connectivity index (χ0) is 30.8. The normalized spacial score (nSPS) is 23.5. The zero-order valence-corrected chi connectivity index (χ0v) is 24.6. The number of carbonyl (C=O) groups is 4. The number of aliphatic hydroxyl groups excluding tert-OH is 1. The number of carboxylic acid groups (broad SMARTS) is 2. The summed E-state index contributed by atoms with van der Waals surface area (Å²) in [6.07, 6.45) is 1.74. The minimum Gasteiger partial charge on any atom is -0.478 e. The van der Waals surface area contributed by atoms with Gasteiger partial charge in [-0.3, -0.25) is 14.3 Å². The van der Waals surface area contributed by atoms with Gasteiger partial charge in [0.1, 0.15) is 5.70 Å². The average Bonchev–Trinajstić information content (AvgIpc) is 3.29. The Morgan fingerprint density at radius 1 is 1.19 bits per heavy atom. The standard InChI is InChI=1S/C28H36ClN5O8/c1-16-15-32(10-11-35)8-9-33(16)20-13-21-19(12-18(20)29)31-25(34(21)22(26(39)40)14-23(36)37)24(38)28(2)6-4-17(5-7-28)30-27(41)42-3/h12-14,16-17,35H,4-11,15H2,1-3H3,(H,30,41)(H,36,37)(H,39,40)/b22-14-/t16-,17?,28?/m1/s1. The molecule has 2 fully saturated rings. The number of rotatable bonds is 9. The van der Waals surface area contributed by atoms with Crippen LogP contribution in [0.25, 0.3) is 16.7 Å². The molecular weight excluding hydrogens is 570 g/mol. The lowest BCUT2D eigenvalue weighted by Crippen LogP contribution is -2.52. The summed E-state index contributed by atoms with van der Waals surface area (Å²) in [5, 5.41) is 32.0. The number of halogens is 1. The number of nitrogens with one attached hydrogen (secondary N) is 1. The van der Waals surface area contributed by atoms with Crippen molar-refractivity contribution in [2.45, 2.75) is 51.6 Å². The van der Waals surface area contributed by atoms with Crippen LogP contribution in [0.15, 0.2) is 18.2 Å². The Morgan fingerprint density at radius 2 is 1.88 bits per heavy atom. The minimum atomic E-state index is -1.54. The molecule has 0 radical (unpaired) electrons. The summed E-state index contributed by atoms with van der Waals surface area (Å²) in [6, 6.07) is 3.03. The number of methoxy groups -OCH3 is 1. The first kappa shape index (κ1) is 31.3. The van der Waals surface area contributed by atoms with Gasteiger partial charge in [-0.2, -0.15) is 0 Å². The number of hydrogen-bond donors (Lipinski definition) is 4. The van der Waals surface area contributed by atoms with E-state index >= 15 is 0 Å². The lowest BCUT2D eigenvalue weighted by molar-refractivity contribution is -0.133. The molecule has 13 nitrogen and oxygen atoms in total. The number of imidazole rings is 1. The van der Waals surface area contributed by atoms with E-state index in [0.29, 0.717) is 68.6 Å². The Hall–Kier alpha value is -3.68. The predicted molar refractivity (Wildman–Crippen MR) is 155 cm³/mol. The van der Waals surface area contributed by atoms with Crippen LogP contribution < -0.4 is 10.2 Å². The molecule has 0 bridgehead atoms. The fourth-order valence-corrected chi connectivity index (χ4v) is 6.17. The van der Waals surface area contributed by atoms with Crippen molar-refractivity contribution in [3.63, 3.8) is 0 Å². The molecular formula is C28H36ClN5O8. The van der Waals surface area contributed by atoms with Crippen molar-refractivity contribution in [3.05, 3.63) is 29.1 Å². The zero-order valence-electron chi connectivity index (χ0n) is 23.8. The summed E-state index contributed by atoms with van der Waals surface area (Å²) in [7, 11) is 1.27. The molecule has 2 heterocycles. The van der Waals surface area contributed by atoms with E-state index < -0.39 is 34.9 Å². The van der Waals surface area contributed by atoms with Crippen molar-refractivity contribution in [2.24, 2.45) is 5.41 Å². The van der Waals surface area contributed by atoms with Crippen LogP contribution in [-0.2, 0) is 14.3 Å². The molecule has 4 N–H and O–H groups in total. The number of benzene rings is 1. The number of aliphatic carboxylic acids is 2. The largest absolute Gasteiger partial charge is 0.478 e. The Morgan fingerprint density at radius 3 is 2.45 bits per heavy atom. The molecule has 228 valence electrons. The van der Waals surface area contributed by atoms with Gasteiger partial charge in [0, 0.05) is 43.7 Å². The molecule has 42 heavy (non-hydrogen) atoms. The van der Waals surface area contributed by atoms with Gasteiger partial charge in [0.05, 0.1) is 41.5 Å². The molecule has 1 atom stereocenters. The highest BCUT2D eigenvalue weighted by Gasteiger charge is 2.41. The number of aromatic nitrogens is 2. The van der Waals surface area contributed by atoms with E-state index in [9.17, 15) is 34.5 Å². The number of Topliss-reactive ketones (excluding diaryl/α,β-unsaturated/α-hetero) is 1. The summed E-state index contributed by atoms with van der Waals surface area (Å²) in [5.74, 6) is -3.66. The molecule has 4 rings (SSSR count). The average molecular weight is 606 g/mol. The molecule has 1 aromatic carbocycles. The molecule has 14 heteroatoms. The first-order chi connectivity index (χ1) is 19.9.